The van der Waals surface area contributed by atoms with Crippen molar-refractivity contribution >= 4 is 66.4 Å². The lowest BCUT2D eigenvalue weighted by atomic mass is 9.49. The fourth-order valence-corrected chi connectivity index (χ4v) is 14.7. The summed E-state index contributed by atoms with van der Waals surface area (Å²) in [5, 5.41) is 7.50. The highest BCUT2D eigenvalue weighted by Crippen LogP contribution is 2.69. The highest BCUT2D eigenvalue weighted by molar-refractivity contribution is 6.23. The van der Waals surface area contributed by atoms with Crippen LogP contribution in [0.5, 0.6) is 0 Å². The third-order valence-electron chi connectivity index (χ3n) is 17.7. The fourth-order valence-electron chi connectivity index (χ4n) is 14.7. The monoisotopic (exact) mass is 1070 g/mol. The van der Waals surface area contributed by atoms with Gasteiger partial charge in [0.05, 0.1) is 17.1 Å². The summed E-state index contributed by atoms with van der Waals surface area (Å²) in [5.74, 6) is 0. The van der Waals surface area contributed by atoms with Crippen LogP contribution in [0.2, 0.25) is 0 Å². The second-order valence-corrected chi connectivity index (χ2v) is 24.4. The van der Waals surface area contributed by atoms with E-state index in [1.165, 1.54) is 99.1 Å². The molecule has 0 aliphatic heterocycles. The SMILES string of the molecule is CC(C)(C)C1(C(C)(C)C)c2cc(N(c3ccccc3)c3ccc(-c4ccccc4)cc3-c3ccccc3)c3ccccc3c2-c2c1c1ccc(N(c3ccccc3)c3ccc(-c4ccccc4)cc3-c3ccccc3)cc1c1ccccc21. The van der Waals surface area contributed by atoms with Crippen LogP contribution < -0.4 is 9.80 Å². The third-order valence-corrected chi connectivity index (χ3v) is 17.7. The van der Waals surface area contributed by atoms with Gasteiger partial charge in [0, 0.05) is 39.0 Å². The van der Waals surface area contributed by atoms with Crippen LogP contribution >= 0.6 is 0 Å². The Bertz CT molecular complexity index is 4520. The standard InChI is InChI=1S/C81H66N2/c1-79(2,3)81(80(4,5)6)72-54-75(83(62-39-23-12-24-40-62)74-50-46-60(56-31-15-8-16-32-56)52-70(74)58-35-19-10-20-36-58)65-42-26-28-44-67(65)76(72)77-66-43-27-25-41-64(66)71-53-63(47-48-68(71)78(77)81)82(61-37-21-11-22-38-61)73-49-45-59(55-29-13-7-14-30-55)51-69(73)57-33-17-9-18-34-57/h7-54H,1-6H3. The molecule has 14 rings (SSSR count). The highest BCUT2D eigenvalue weighted by Gasteiger charge is 2.59. The van der Waals surface area contributed by atoms with Crippen molar-refractivity contribution in [2.24, 2.45) is 10.8 Å². The Balaban J connectivity index is 1.06. The molecule has 2 heteroatoms. The minimum atomic E-state index is -0.512. The molecule has 0 heterocycles. The Hall–Kier alpha value is -9.76. The molecule has 0 radical (unpaired) electrons. The Morgan fingerprint density at radius 3 is 1.13 bits per heavy atom. The average molecular weight is 1070 g/mol. The van der Waals surface area contributed by atoms with Gasteiger partial charge in [0.2, 0.25) is 0 Å². The summed E-state index contributed by atoms with van der Waals surface area (Å²) in [5.41, 5.74) is 20.5. The van der Waals surface area contributed by atoms with Crippen LogP contribution in [-0.4, -0.2) is 0 Å². The number of para-hydroxylation sites is 2. The summed E-state index contributed by atoms with van der Waals surface area (Å²) in [6.45, 7) is 15.0. The molecular formula is C81H66N2. The molecule has 0 bridgehead atoms. The molecule has 0 fully saturated rings. The smallest absolute Gasteiger partial charge is 0.0543 e. The zero-order valence-electron chi connectivity index (χ0n) is 48.1. The molecule has 13 aromatic carbocycles. The predicted molar refractivity (Wildman–Crippen MR) is 355 cm³/mol. The van der Waals surface area contributed by atoms with Crippen LogP contribution in [-0.2, 0) is 5.41 Å². The second kappa shape index (κ2) is 20.3. The van der Waals surface area contributed by atoms with E-state index in [-0.39, 0.29) is 10.8 Å². The number of hydrogen-bond donors (Lipinski definition) is 0. The van der Waals surface area contributed by atoms with E-state index in [1.807, 2.05) is 0 Å². The molecule has 0 aromatic heterocycles. The Kier molecular flexibility index (Phi) is 12.6. The minimum Gasteiger partial charge on any atom is -0.310 e. The maximum absolute atomic E-state index is 2.62. The number of anilines is 6. The topological polar surface area (TPSA) is 6.48 Å². The first-order valence-electron chi connectivity index (χ1n) is 29.3. The molecule has 0 amide bonds. The van der Waals surface area contributed by atoms with Crippen molar-refractivity contribution in [1.29, 1.82) is 0 Å². The van der Waals surface area contributed by atoms with Crippen molar-refractivity contribution in [3.05, 3.63) is 302 Å². The van der Waals surface area contributed by atoms with Gasteiger partial charge in [-0.3, -0.25) is 0 Å². The summed E-state index contributed by atoms with van der Waals surface area (Å²) < 4.78 is 0. The first kappa shape index (κ1) is 51.4. The molecule has 13 aromatic rings. The number of nitrogens with zero attached hydrogens (tertiary/aromatic N) is 2. The molecule has 83 heavy (non-hydrogen) atoms. The highest BCUT2D eigenvalue weighted by atomic mass is 15.2. The first-order chi connectivity index (χ1) is 40.5. The van der Waals surface area contributed by atoms with E-state index in [0.717, 1.165) is 34.1 Å². The lowest BCUT2D eigenvalue weighted by Crippen LogP contribution is -2.50. The molecule has 2 nitrogen and oxygen atoms in total. The van der Waals surface area contributed by atoms with E-state index in [4.69, 9.17) is 0 Å². The van der Waals surface area contributed by atoms with Crippen molar-refractivity contribution in [1.82, 2.24) is 0 Å². The molecule has 0 N–H and O–H groups in total. The van der Waals surface area contributed by atoms with Crippen molar-refractivity contribution in [3.63, 3.8) is 0 Å². The van der Waals surface area contributed by atoms with Crippen molar-refractivity contribution < 1.29 is 0 Å². The summed E-state index contributed by atoms with van der Waals surface area (Å²) >= 11 is 0. The van der Waals surface area contributed by atoms with E-state index < -0.39 is 5.41 Å². The van der Waals surface area contributed by atoms with E-state index in [0.29, 0.717) is 0 Å². The fraction of sp³-hybridized carbons (Fsp3) is 0.111. The van der Waals surface area contributed by atoms with Gasteiger partial charge in [-0.15, -0.1) is 0 Å². The molecule has 0 saturated carbocycles. The second-order valence-electron chi connectivity index (χ2n) is 24.4. The molecule has 400 valence electrons. The molecule has 1 aliphatic rings. The maximum atomic E-state index is 2.62. The molecule has 0 atom stereocenters. The van der Waals surface area contributed by atoms with Gasteiger partial charge >= 0.3 is 0 Å². The van der Waals surface area contributed by atoms with E-state index in [2.05, 4.69) is 343 Å². The van der Waals surface area contributed by atoms with Crippen molar-refractivity contribution in [3.8, 4) is 55.6 Å². The summed E-state index contributed by atoms with van der Waals surface area (Å²) in [7, 11) is 0. The van der Waals surface area contributed by atoms with Gasteiger partial charge in [-0.05, 0) is 160 Å². The lowest BCUT2D eigenvalue weighted by Gasteiger charge is -2.53. The molecule has 0 spiro atoms. The Morgan fingerprint density at radius 1 is 0.253 bits per heavy atom. The van der Waals surface area contributed by atoms with E-state index in [9.17, 15) is 0 Å². The van der Waals surface area contributed by atoms with Crippen molar-refractivity contribution in [2.45, 2.75) is 47.0 Å². The van der Waals surface area contributed by atoms with Crippen LogP contribution in [0.1, 0.15) is 52.7 Å². The Labute approximate surface area is 489 Å². The lowest BCUT2D eigenvalue weighted by molar-refractivity contribution is 0.0965. The molecule has 0 unspecified atom stereocenters. The van der Waals surface area contributed by atoms with Gasteiger partial charge in [-0.1, -0.05) is 266 Å². The average Bonchev–Trinajstić information content (AvgIpc) is 1.61. The molecule has 0 saturated heterocycles. The predicted octanol–water partition coefficient (Wildman–Crippen LogP) is 23.1. The maximum Gasteiger partial charge on any atom is 0.0543 e. The van der Waals surface area contributed by atoms with Crippen LogP contribution in [0.3, 0.4) is 0 Å². The zero-order chi connectivity index (χ0) is 56.5. The number of benzene rings is 13. The summed E-state index contributed by atoms with van der Waals surface area (Å²) in [6.07, 6.45) is 0. The largest absolute Gasteiger partial charge is 0.310 e. The zero-order valence-corrected chi connectivity index (χ0v) is 48.1. The first-order valence-corrected chi connectivity index (χ1v) is 29.3. The number of hydrogen-bond acceptors (Lipinski definition) is 2. The molecule has 1 aliphatic carbocycles. The van der Waals surface area contributed by atoms with Crippen LogP contribution in [0, 0.1) is 10.8 Å². The van der Waals surface area contributed by atoms with Crippen molar-refractivity contribution in [2.75, 3.05) is 9.80 Å². The normalized spacial score (nSPS) is 12.8. The van der Waals surface area contributed by atoms with Gasteiger partial charge in [0.15, 0.2) is 0 Å². The quantitative estimate of drug-likeness (QED) is 0.126. The van der Waals surface area contributed by atoms with Crippen LogP contribution in [0.15, 0.2) is 291 Å². The summed E-state index contributed by atoms with van der Waals surface area (Å²) in [4.78, 5) is 5.03. The summed E-state index contributed by atoms with van der Waals surface area (Å²) in [6, 6.07) is 108. The van der Waals surface area contributed by atoms with E-state index >= 15 is 0 Å². The van der Waals surface area contributed by atoms with Gasteiger partial charge in [0.1, 0.15) is 0 Å². The number of fused-ring (bicyclic) bond motifs is 10. The van der Waals surface area contributed by atoms with Gasteiger partial charge in [-0.25, -0.2) is 0 Å². The van der Waals surface area contributed by atoms with Gasteiger partial charge in [0.25, 0.3) is 0 Å². The van der Waals surface area contributed by atoms with Crippen LogP contribution in [0.4, 0.5) is 34.1 Å². The van der Waals surface area contributed by atoms with Gasteiger partial charge in [-0.2, -0.15) is 0 Å². The molecular weight excluding hydrogens is 1000 g/mol. The Morgan fingerprint density at radius 2 is 0.651 bits per heavy atom. The van der Waals surface area contributed by atoms with E-state index in [1.54, 1.807) is 0 Å². The van der Waals surface area contributed by atoms with Gasteiger partial charge < -0.3 is 9.80 Å². The minimum absolute atomic E-state index is 0.287. The number of rotatable bonds is 10. The third kappa shape index (κ3) is 8.46. The van der Waals surface area contributed by atoms with Crippen LogP contribution in [0.25, 0.3) is 88.0 Å².